The number of rotatable bonds is 8. The van der Waals surface area contributed by atoms with Crippen molar-refractivity contribution in [3.8, 4) is 0 Å². The number of methoxy groups -OCH3 is 1. The van der Waals surface area contributed by atoms with Crippen molar-refractivity contribution in [2.45, 2.75) is 33.0 Å². The molecule has 0 heterocycles. The van der Waals surface area contributed by atoms with Gasteiger partial charge in [-0.3, -0.25) is 0 Å². The van der Waals surface area contributed by atoms with E-state index < -0.39 is 0 Å². The highest BCUT2D eigenvalue weighted by atomic mass is 16.5. The van der Waals surface area contributed by atoms with Crippen LogP contribution in [0.3, 0.4) is 0 Å². The van der Waals surface area contributed by atoms with Crippen molar-refractivity contribution < 1.29 is 4.74 Å². The molecule has 0 aliphatic heterocycles. The quantitative estimate of drug-likeness (QED) is 0.781. The molecule has 0 aliphatic carbocycles. The fraction of sp³-hybridized carbons (Fsp3) is 0.625. The Kier molecular flexibility index (Phi) is 7.06. The van der Waals surface area contributed by atoms with Crippen molar-refractivity contribution in [3.63, 3.8) is 0 Å². The van der Waals surface area contributed by atoms with Gasteiger partial charge in [-0.05, 0) is 31.1 Å². The van der Waals surface area contributed by atoms with E-state index >= 15 is 0 Å². The summed E-state index contributed by atoms with van der Waals surface area (Å²) in [5.41, 5.74) is 2.55. The number of nitrogens with zero attached hydrogens (tertiary/aromatic N) is 1. The Labute approximate surface area is 118 Å². The third kappa shape index (κ3) is 5.72. The lowest BCUT2D eigenvalue weighted by Gasteiger charge is -2.28. The third-order valence-electron chi connectivity index (χ3n) is 3.42. The first-order chi connectivity index (χ1) is 9.04. The standard InChI is InChI=1S/C16H28N2O/c1-13(2)16(18(3)4)11-17-10-14-7-6-8-15(9-14)12-19-5/h6-9,13,16-17H,10-12H2,1-5H3. The molecule has 0 fully saturated rings. The van der Waals surface area contributed by atoms with E-state index in [2.05, 4.69) is 62.4 Å². The molecule has 1 N–H and O–H groups in total. The smallest absolute Gasteiger partial charge is 0.0713 e. The van der Waals surface area contributed by atoms with Crippen LogP contribution in [0.25, 0.3) is 0 Å². The maximum absolute atomic E-state index is 5.16. The Morgan fingerprint density at radius 2 is 1.89 bits per heavy atom. The molecule has 0 saturated heterocycles. The highest BCUT2D eigenvalue weighted by molar-refractivity contribution is 5.22. The average Bonchev–Trinajstić information content (AvgIpc) is 2.34. The number of nitrogens with one attached hydrogen (secondary N) is 1. The summed E-state index contributed by atoms with van der Waals surface area (Å²) in [6.45, 7) is 7.14. The van der Waals surface area contributed by atoms with Crippen molar-refractivity contribution in [3.05, 3.63) is 35.4 Å². The monoisotopic (exact) mass is 264 g/mol. The van der Waals surface area contributed by atoms with Crippen LogP contribution in [0.2, 0.25) is 0 Å². The minimum absolute atomic E-state index is 0.571. The van der Waals surface area contributed by atoms with Crippen molar-refractivity contribution in [2.75, 3.05) is 27.7 Å². The average molecular weight is 264 g/mol. The second-order valence-corrected chi connectivity index (χ2v) is 5.66. The van der Waals surface area contributed by atoms with E-state index in [0.717, 1.165) is 13.1 Å². The Balaban J connectivity index is 2.45. The molecule has 0 aliphatic rings. The van der Waals surface area contributed by atoms with Crippen molar-refractivity contribution in [2.24, 2.45) is 5.92 Å². The molecule has 0 bridgehead atoms. The topological polar surface area (TPSA) is 24.5 Å². The zero-order chi connectivity index (χ0) is 14.3. The van der Waals surface area contributed by atoms with Gasteiger partial charge in [0.15, 0.2) is 0 Å². The first-order valence-corrected chi connectivity index (χ1v) is 6.98. The van der Waals surface area contributed by atoms with E-state index in [1.807, 2.05) is 0 Å². The molecule has 3 nitrogen and oxygen atoms in total. The molecule has 0 aromatic heterocycles. The van der Waals surface area contributed by atoms with Crippen molar-refractivity contribution >= 4 is 0 Å². The molecule has 3 heteroatoms. The van der Waals surface area contributed by atoms with Gasteiger partial charge in [0, 0.05) is 26.2 Å². The molecule has 0 saturated carbocycles. The highest BCUT2D eigenvalue weighted by Crippen LogP contribution is 2.08. The van der Waals surface area contributed by atoms with Crippen LogP contribution in [0.5, 0.6) is 0 Å². The van der Waals surface area contributed by atoms with Crippen LogP contribution in [-0.2, 0) is 17.9 Å². The van der Waals surface area contributed by atoms with Crippen molar-refractivity contribution in [1.29, 1.82) is 0 Å². The van der Waals surface area contributed by atoms with Crippen LogP contribution in [0, 0.1) is 5.92 Å². The predicted molar refractivity (Wildman–Crippen MR) is 81.2 cm³/mol. The number of ether oxygens (including phenoxy) is 1. The summed E-state index contributed by atoms with van der Waals surface area (Å²) in [4.78, 5) is 2.29. The van der Waals surface area contributed by atoms with E-state index in [0.29, 0.717) is 18.6 Å². The largest absolute Gasteiger partial charge is 0.380 e. The molecule has 19 heavy (non-hydrogen) atoms. The maximum atomic E-state index is 5.16. The summed E-state index contributed by atoms with van der Waals surface area (Å²) in [7, 11) is 6.02. The lowest BCUT2D eigenvalue weighted by molar-refractivity contribution is 0.185. The second kappa shape index (κ2) is 8.31. The zero-order valence-corrected chi connectivity index (χ0v) is 12.9. The lowest BCUT2D eigenvalue weighted by atomic mass is 10.0. The summed E-state index contributed by atoms with van der Waals surface area (Å²) in [6, 6.07) is 9.13. The Morgan fingerprint density at radius 1 is 1.21 bits per heavy atom. The molecule has 1 rings (SSSR count). The Hall–Kier alpha value is -0.900. The molecule has 0 radical (unpaired) electrons. The summed E-state index contributed by atoms with van der Waals surface area (Å²) >= 11 is 0. The number of hydrogen-bond acceptors (Lipinski definition) is 3. The normalized spacial score (nSPS) is 13.2. The van der Waals surface area contributed by atoms with Gasteiger partial charge >= 0.3 is 0 Å². The van der Waals surface area contributed by atoms with Gasteiger partial charge in [0.05, 0.1) is 6.61 Å². The minimum atomic E-state index is 0.571. The molecule has 1 unspecified atom stereocenters. The van der Waals surface area contributed by atoms with Crippen LogP contribution < -0.4 is 5.32 Å². The maximum Gasteiger partial charge on any atom is 0.0713 e. The van der Waals surface area contributed by atoms with E-state index in [4.69, 9.17) is 4.74 Å². The number of benzene rings is 1. The van der Waals surface area contributed by atoms with Gasteiger partial charge in [-0.15, -0.1) is 0 Å². The van der Waals surface area contributed by atoms with Gasteiger partial charge in [0.25, 0.3) is 0 Å². The van der Waals surface area contributed by atoms with Gasteiger partial charge in [-0.25, -0.2) is 0 Å². The lowest BCUT2D eigenvalue weighted by Crippen LogP contribution is -2.41. The Bertz CT molecular complexity index is 356. The fourth-order valence-electron chi connectivity index (χ4n) is 2.38. The third-order valence-corrected chi connectivity index (χ3v) is 3.42. The predicted octanol–water partition coefficient (Wildman–Crippen LogP) is 2.51. The second-order valence-electron chi connectivity index (χ2n) is 5.66. The summed E-state index contributed by atoms with van der Waals surface area (Å²) in [5, 5.41) is 3.55. The van der Waals surface area contributed by atoms with E-state index in [1.165, 1.54) is 11.1 Å². The molecule has 1 atom stereocenters. The fourth-order valence-corrected chi connectivity index (χ4v) is 2.38. The SMILES string of the molecule is COCc1cccc(CNCC(C(C)C)N(C)C)c1. The van der Waals surface area contributed by atoms with E-state index in [9.17, 15) is 0 Å². The van der Waals surface area contributed by atoms with E-state index in [-0.39, 0.29) is 0 Å². The first kappa shape index (κ1) is 16.2. The van der Waals surface area contributed by atoms with Crippen LogP contribution in [0.1, 0.15) is 25.0 Å². The van der Waals surface area contributed by atoms with Gasteiger partial charge in [-0.2, -0.15) is 0 Å². The molecule has 0 amide bonds. The van der Waals surface area contributed by atoms with Gasteiger partial charge in [0.1, 0.15) is 0 Å². The van der Waals surface area contributed by atoms with Gasteiger partial charge in [0.2, 0.25) is 0 Å². The molecule has 1 aromatic carbocycles. The van der Waals surface area contributed by atoms with Crippen LogP contribution >= 0.6 is 0 Å². The minimum Gasteiger partial charge on any atom is -0.380 e. The van der Waals surface area contributed by atoms with Crippen LogP contribution in [0.15, 0.2) is 24.3 Å². The highest BCUT2D eigenvalue weighted by Gasteiger charge is 2.14. The summed E-state index contributed by atoms with van der Waals surface area (Å²) in [5.74, 6) is 0.655. The van der Waals surface area contributed by atoms with Crippen LogP contribution in [0.4, 0.5) is 0 Å². The molecular weight excluding hydrogens is 236 g/mol. The molecule has 108 valence electrons. The molecule has 0 spiro atoms. The Morgan fingerprint density at radius 3 is 2.47 bits per heavy atom. The van der Waals surface area contributed by atoms with Gasteiger partial charge < -0.3 is 15.0 Å². The molecular formula is C16H28N2O. The number of likely N-dealkylation sites (N-methyl/N-ethyl adjacent to an activating group) is 1. The summed E-state index contributed by atoms with van der Waals surface area (Å²) < 4.78 is 5.16. The van der Waals surface area contributed by atoms with E-state index in [1.54, 1.807) is 7.11 Å². The van der Waals surface area contributed by atoms with Crippen molar-refractivity contribution in [1.82, 2.24) is 10.2 Å². The summed E-state index contributed by atoms with van der Waals surface area (Å²) in [6.07, 6.45) is 0. The first-order valence-electron chi connectivity index (χ1n) is 6.98. The number of hydrogen-bond donors (Lipinski definition) is 1. The zero-order valence-electron chi connectivity index (χ0n) is 12.9. The molecule has 1 aromatic rings. The van der Waals surface area contributed by atoms with Gasteiger partial charge in [-0.1, -0.05) is 38.1 Å². The van der Waals surface area contributed by atoms with Crippen LogP contribution in [-0.4, -0.2) is 38.7 Å².